The Morgan fingerprint density at radius 3 is 2.37 bits per heavy atom. The van der Waals surface area contributed by atoms with Crippen LogP contribution in [0, 0.1) is 0 Å². The molecule has 27 heavy (non-hydrogen) atoms. The van der Waals surface area contributed by atoms with Crippen molar-refractivity contribution in [2.75, 3.05) is 32.8 Å². The lowest BCUT2D eigenvalue weighted by molar-refractivity contribution is 0.0219. The number of nitrogens with zero attached hydrogens (tertiary/aromatic N) is 1. The number of piperidine rings is 1. The molecule has 0 amide bonds. The van der Waals surface area contributed by atoms with Crippen LogP contribution in [0.5, 0.6) is 0 Å². The molecule has 3 heterocycles. The summed E-state index contributed by atoms with van der Waals surface area (Å²) in [5, 5.41) is 14.2. The number of rotatable bonds is 10. The van der Waals surface area contributed by atoms with Crippen molar-refractivity contribution in [3.05, 3.63) is 50.4 Å². The summed E-state index contributed by atoms with van der Waals surface area (Å²) in [4.78, 5) is 5.28. The maximum atomic E-state index is 9.85. The van der Waals surface area contributed by atoms with Crippen molar-refractivity contribution in [2.45, 2.75) is 45.1 Å². The molecule has 0 bridgehead atoms. The number of unbranched alkanes of at least 4 members (excludes halogenated alkanes) is 1. The van der Waals surface area contributed by atoms with Gasteiger partial charge in [0.1, 0.15) is 0 Å². The van der Waals surface area contributed by atoms with Gasteiger partial charge >= 0.3 is 0 Å². The first-order valence-electron chi connectivity index (χ1n) is 10.1. The summed E-state index contributed by atoms with van der Waals surface area (Å²) in [7, 11) is 0. The molecule has 2 aromatic heterocycles. The van der Waals surface area contributed by atoms with Gasteiger partial charge in [-0.3, -0.25) is 0 Å². The number of thiophene rings is 2. The molecule has 1 atom stereocenters. The Labute approximate surface area is 171 Å². The molecule has 1 saturated heterocycles. The maximum absolute atomic E-state index is 9.85. The molecule has 0 saturated carbocycles. The number of hydrogen-bond donors (Lipinski definition) is 1. The number of aliphatic hydroxyl groups excluding tert-OH is 1. The fourth-order valence-electron chi connectivity index (χ4n) is 3.54. The Kier molecular flexibility index (Phi) is 8.55. The molecular formula is C22H31NO2S2. The van der Waals surface area contributed by atoms with Crippen LogP contribution in [0.1, 0.15) is 48.8 Å². The molecule has 0 aromatic carbocycles. The Bertz CT molecular complexity index is 633. The van der Waals surface area contributed by atoms with Gasteiger partial charge in [0.05, 0.1) is 19.3 Å². The first-order valence-corrected chi connectivity index (χ1v) is 11.8. The molecule has 2 aromatic rings. The summed E-state index contributed by atoms with van der Waals surface area (Å²) in [5.74, 6) is 0. The van der Waals surface area contributed by atoms with E-state index in [1.54, 1.807) is 5.57 Å². The molecule has 1 N–H and O–H groups in total. The highest BCUT2D eigenvalue weighted by molar-refractivity contribution is 7.13. The predicted octanol–water partition coefficient (Wildman–Crippen LogP) is 5.28. The van der Waals surface area contributed by atoms with Crippen molar-refractivity contribution in [1.82, 2.24) is 4.90 Å². The van der Waals surface area contributed by atoms with Gasteiger partial charge in [0, 0.05) is 35.0 Å². The van der Waals surface area contributed by atoms with E-state index in [9.17, 15) is 5.11 Å². The molecule has 0 aliphatic carbocycles. The number of hydrogen-bond acceptors (Lipinski definition) is 5. The fraction of sp³-hybridized carbons (Fsp3) is 0.545. The van der Waals surface area contributed by atoms with Crippen LogP contribution in [0.3, 0.4) is 0 Å². The van der Waals surface area contributed by atoms with Crippen LogP contribution in [0.15, 0.2) is 40.6 Å². The minimum atomic E-state index is -0.306. The molecule has 5 heteroatoms. The van der Waals surface area contributed by atoms with E-state index in [1.165, 1.54) is 15.3 Å². The Hall–Kier alpha value is -0.980. The van der Waals surface area contributed by atoms with Crippen molar-refractivity contribution in [3.63, 3.8) is 0 Å². The molecule has 148 valence electrons. The van der Waals surface area contributed by atoms with Crippen molar-refractivity contribution < 1.29 is 9.84 Å². The second kappa shape index (κ2) is 11.1. The predicted molar refractivity (Wildman–Crippen MR) is 117 cm³/mol. The highest BCUT2D eigenvalue weighted by Gasteiger charge is 2.20. The van der Waals surface area contributed by atoms with Gasteiger partial charge in [0.15, 0.2) is 0 Å². The number of ether oxygens (including phenoxy) is 1. The summed E-state index contributed by atoms with van der Waals surface area (Å²) in [6, 6.07) is 8.79. The fourth-order valence-corrected chi connectivity index (χ4v) is 5.27. The van der Waals surface area contributed by atoms with Crippen molar-refractivity contribution in [3.8, 4) is 0 Å². The third kappa shape index (κ3) is 6.26. The number of likely N-dealkylation sites (tertiary alicyclic amines) is 1. The van der Waals surface area contributed by atoms with Crippen LogP contribution in [0.2, 0.25) is 0 Å². The zero-order valence-corrected chi connectivity index (χ0v) is 17.9. The summed E-state index contributed by atoms with van der Waals surface area (Å²) >= 11 is 3.68. The molecule has 3 rings (SSSR count). The van der Waals surface area contributed by atoms with E-state index in [2.05, 4.69) is 46.8 Å². The van der Waals surface area contributed by atoms with Gasteiger partial charge in [0.2, 0.25) is 0 Å². The summed E-state index contributed by atoms with van der Waals surface area (Å²) < 4.78 is 5.69. The van der Waals surface area contributed by atoms with Crippen molar-refractivity contribution >= 4 is 28.2 Å². The molecule has 1 aliphatic heterocycles. The van der Waals surface area contributed by atoms with Gasteiger partial charge in [-0.15, -0.1) is 22.7 Å². The molecule has 1 unspecified atom stereocenters. The molecule has 0 spiro atoms. The molecular weight excluding hydrogens is 374 g/mol. The summed E-state index contributed by atoms with van der Waals surface area (Å²) in [6.07, 6.45) is 5.00. The minimum Gasteiger partial charge on any atom is -0.391 e. The van der Waals surface area contributed by atoms with Gasteiger partial charge in [0.25, 0.3) is 0 Å². The lowest BCUT2D eigenvalue weighted by atomic mass is 9.96. The van der Waals surface area contributed by atoms with Crippen LogP contribution in [-0.2, 0) is 4.74 Å². The monoisotopic (exact) mass is 405 g/mol. The van der Waals surface area contributed by atoms with Crippen LogP contribution >= 0.6 is 22.7 Å². The van der Waals surface area contributed by atoms with E-state index in [0.717, 1.165) is 51.7 Å². The van der Waals surface area contributed by atoms with Gasteiger partial charge < -0.3 is 14.7 Å². The topological polar surface area (TPSA) is 32.7 Å². The summed E-state index contributed by atoms with van der Waals surface area (Å²) in [6.45, 7) is 6.48. The standard InChI is InChI=1S/C22H31NO2S2/c1-2-3-6-19(24)17-25-14-13-23-11-9-18(10-12-23)22(20-7-4-15-26-20)21-8-5-16-27-21/h4-5,7-8,15-16,19,24H,2-3,6,9-14,17H2,1H3. The highest BCUT2D eigenvalue weighted by Crippen LogP contribution is 2.36. The van der Waals surface area contributed by atoms with Crippen LogP contribution in [0.4, 0.5) is 0 Å². The average Bonchev–Trinajstić information content (AvgIpc) is 3.40. The van der Waals surface area contributed by atoms with Gasteiger partial charge in [-0.05, 0) is 42.2 Å². The molecule has 0 radical (unpaired) electrons. The zero-order valence-electron chi connectivity index (χ0n) is 16.2. The van der Waals surface area contributed by atoms with Crippen molar-refractivity contribution in [1.29, 1.82) is 0 Å². The smallest absolute Gasteiger partial charge is 0.0773 e. The second-order valence-corrected chi connectivity index (χ2v) is 9.04. The van der Waals surface area contributed by atoms with Gasteiger partial charge in [-0.2, -0.15) is 0 Å². The molecule has 3 nitrogen and oxygen atoms in total. The van der Waals surface area contributed by atoms with Crippen LogP contribution in [0.25, 0.3) is 5.57 Å². The van der Waals surface area contributed by atoms with E-state index < -0.39 is 0 Å². The Balaban J connectivity index is 1.48. The molecule has 1 fully saturated rings. The number of aliphatic hydroxyl groups is 1. The largest absolute Gasteiger partial charge is 0.391 e. The van der Waals surface area contributed by atoms with Crippen molar-refractivity contribution in [2.24, 2.45) is 0 Å². The van der Waals surface area contributed by atoms with E-state index in [1.807, 2.05) is 22.7 Å². The first kappa shape index (κ1) is 20.7. The Morgan fingerprint density at radius 1 is 1.15 bits per heavy atom. The minimum absolute atomic E-state index is 0.306. The SMILES string of the molecule is CCCCC(O)COCCN1CCC(=C(c2cccs2)c2cccs2)CC1. The third-order valence-corrected chi connectivity index (χ3v) is 6.88. The van der Waals surface area contributed by atoms with Crippen LogP contribution in [-0.4, -0.2) is 49.0 Å². The van der Waals surface area contributed by atoms with E-state index in [-0.39, 0.29) is 6.10 Å². The maximum Gasteiger partial charge on any atom is 0.0773 e. The zero-order chi connectivity index (χ0) is 18.9. The van der Waals surface area contributed by atoms with Gasteiger partial charge in [-0.25, -0.2) is 0 Å². The Morgan fingerprint density at radius 2 is 1.81 bits per heavy atom. The average molecular weight is 406 g/mol. The van der Waals surface area contributed by atoms with Crippen LogP contribution < -0.4 is 0 Å². The normalized spacial score (nSPS) is 16.6. The highest BCUT2D eigenvalue weighted by atomic mass is 32.1. The van der Waals surface area contributed by atoms with Gasteiger partial charge in [-0.1, -0.05) is 37.5 Å². The summed E-state index contributed by atoms with van der Waals surface area (Å²) in [5.41, 5.74) is 3.06. The second-order valence-electron chi connectivity index (χ2n) is 7.15. The first-order chi connectivity index (χ1) is 13.3. The van der Waals surface area contributed by atoms with E-state index >= 15 is 0 Å². The third-order valence-electron chi connectivity index (χ3n) is 5.10. The quantitative estimate of drug-likeness (QED) is 0.546. The van der Waals surface area contributed by atoms with E-state index in [0.29, 0.717) is 13.2 Å². The molecule has 1 aliphatic rings. The lowest BCUT2D eigenvalue weighted by Crippen LogP contribution is -2.34. The lowest BCUT2D eigenvalue weighted by Gasteiger charge is -2.29. The van der Waals surface area contributed by atoms with E-state index in [4.69, 9.17) is 4.74 Å².